The van der Waals surface area contributed by atoms with Crippen LogP contribution in [0.15, 0.2) is 78.7 Å². The molecule has 0 saturated heterocycles. The highest BCUT2D eigenvalue weighted by molar-refractivity contribution is 8.29. The maximum absolute atomic E-state index is 6.48. The van der Waals surface area contributed by atoms with Crippen LogP contribution in [-0.4, -0.2) is 30.5 Å². The Morgan fingerprint density at radius 2 is 1.62 bits per heavy atom. The SMILES string of the molecule is C=C.CC.CCN(C/C=C/C(C)(C)C)Cc1cccc(OS(C)(C)c2cccc(C)c2)c1. The van der Waals surface area contributed by atoms with Gasteiger partial charge < -0.3 is 4.18 Å². The van der Waals surface area contributed by atoms with E-state index in [1.807, 2.05) is 13.8 Å². The Labute approximate surface area is 200 Å². The van der Waals surface area contributed by atoms with Crippen LogP contribution in [0.3, 0.4) is 0 Å². The highest BCUT2D eigenvalue weighted by Gasteiger charge is 2.17. The number of rotatable bonds is 8. The first-order valence-electron chi connectivity index (χ1n) is 11.6. The average molecular weight is 458 g/mol. The first kappa shape index (κ1) is 30.0. The summed E-state index contributed by atoms with van der Waals surface area (Å²) in [5.41, 5.74) is 2.80. The lowest BCUT2D eigenvalue weighted by Crippen LogP contribution is -2.23. The van der Waals surface area contributed by atoms with Crippen molar-refractivity contribution >= 4 is 10.3 Å². The predicted molar refractivity (Wildman–Crippen MR) is 148 cm³/mol. The van der Waals surface area contributed by atoms with Crippen molar-refractivity contribution in [3.05, 3.63) is 85.0 Å². The van der Waals surface area contributed by atoms with Crippen molar-refractivity contribution in [2.45, 2.75) is 59.9 Å². The summed E-state index contributed by atoms with van der Waals surface area (Å²) >= 11 is 0. The molecule has 0 spiro atoms. The molecule has 0 N–H and O–H groups in total. The van der Waals surface area contributed by atoms with Crippen molar-refractivity contribution in [3.63, 3.8) is 0 Å². The van der Waals surface area contributed by atoms with Crippen molar-refractivity contribution in [2.75, 3.05) is 25.6 Å². The van der Waals surface area contributed by atoms with Crippen LogP contribution in [0.5, 0.6) is 5.75 Å². The first-order valence-corrected chi connectivity index (χ1v) is 13.9. The Bertz CT molecular complexity index is 805. The lowest BCUT2D eigenvalue weighted by atomic mass is 9.96. The van der Waals surface area contributed by atoms with Crippen molar-refractivity contribution in [3.8, 4) is 5.75 Å². The number of hydrogen-bond acceptors (Lipinski definition) is 2. The van der Waals surface area contributed by atoms with E-state index < -0.39 is 10.3 Å². The fourth-order valence-electron chi connectivity index (χ4n) is 3.02. The van der Waals surface area contributed by atoms with E-state index in [4.69, 9.17) is 4.18 Å². The van der Waals surface area contributed by atoms with E-state index in [1.165, 1.54) is 16.0 Å². The van der Waals surface area contributed by atoms with Crippen LogP contribution in [-0.2, 0) is 6.54 Å². The summed E-state index contributed by atoms with van der Waals surface area (Å²) in [5.74, 6) is 0.959. The van der Waals surface area contributed by atoms with Crippen LogP contribution >= 0.6 is 10.3 Å². The lowest BCUT2D eigenvalue weighted by molar-refractivity contribution is 0.310. The highest BCUT2D eigenvalue weighted by atomic mass is 32.3. The minimum atomic E-state index is -1.34. The van der Waals surface area contributed by atoms with Gasteiger partial charge >= 0.3 is 0 Å². The second kappa shape index (κ2) is 15.0. The van der Waals surface area contributed by atoms with Crippen LogP contribution in [0.1, 0.15) is 52.7 Å². The zero-order valence-corrected chi connectivity index (χ0v) is 22.9. The summed E-state index contributed by atoms with van der Waals surface area (Å²) in [6, 6.07) is 17.2. The van der Waals surface area contributed by atoms with E-state index >= 15 is 0 Å². The summed E-state index contributed by atoms with van der Waals surface area (Å²) < 4.78 is 6.48. The second-order valence-electron chi connectivity index (χ2n) is 8.88. The van der Waals surface area contributed by atoms with Crippen molar-refractivity contribution in [1.82, 2.24) is 4.90 Å². The Morgan fingerprint density at radius 1 is 1.00 bits per heavy atom. The molecule has 0 bridgehead atoms. The Morgan fingerprint density at radius 3 is 2.19 bits per heavy atom. The number of allylic oxidation sites excluding steroid dienone is 1. The van der Waals surface area contributed by atoms with Gasteiger partial charge in [-0.1, -0.05) is 88.3 Å². The van der Waals surface area contributed by atoms with Gasteiger partial charge in [0.25, 0.3) is 0 Å². The van der Waals surface area contributed by atoms with E-state index in [0.717, 1.165) is 25.4 Å². The van der Waals surface area contributed by atoms with Crippen LogP contribution in [0.4, 0.5) is 0 Å². The molecule has 2 rings (SSSR count). The Hall–Kier alpha value is -1.97. The molecule has 0 atom stereocenters. The molecular formula is C29H47NOS. The number of hydrogen-bond donors (Lipinski definition) is 0. The van der Waals surface area contributed by atoms with E-state index in [-0.39, 0.29) is 5.41 Å². The molecule has 2 nitrogen and oxygen atoms in total. The molecule has 0 aliphatic rings. The molecule has 0 amide bonds. The zero-order chi connectivity index (χ0) is 24.8. The van der Waals surface area contributed by atoms with Crippen LogP contribution in [0.25, 0.3) is 0 Å². The first-order chi connectivity index (χ1) is 15.1. The molecule has 0 aliphatic heterocycles. The van der Waals surface area contributed by atoms with Gasteiger partial charge in [0.05, 0.1) is 0 Å². The van der Waals surface area contributed by atoms with Crippen LogP contribution in [0.2, 0.25) is 0 Å². The Balaban J connectivity index is 0.00000227. The van der Waals surface area contributed by atoms with Gasteiger partial charge in [0.15, 0.2) is 0 Å². The van der Waals surface area contributed by atoms with Gasteiger partial charge in [-0.3, -0.25) is 4.90 Å². The minimum Gasteiger partial charge on any atom is -0.445 e. The second-order valence-corrected chi connectivity index (χ2v) is 12.0. The molecule has 2 aromatic carbocycles. The maximum atomic E-state index is 6.48. The molecule has 0 saturated carbocycles. The van der Waals surface area contributed by atoms with E-state index in [9.17, 15) is 0 Å². The van der Waals surface area contributed by atoms with Gasteiger partial charge in [0.2, 0.25) is 0 Å². The summed E-state index contributed by atoms with van der Waals surface area (Å²) in [6.45, 7) is 24.0. The molecule has 32 heavy (non-hydrogen) atoms. The van der Waals surface area contributed by atoms with E-state index in [2.05, 4.69) is 126 Å². The summed E-state index contributed by atoms with van der Waals surface area (Å²) in [6.07, 6.45) is 9.01. The molecule has 0 radical (unpaired) electrons. The maximum Gasteiger partial charge on any atom is 0.135 e. The fourth-order valence-corrected chi connectivity index (χ4v) is 4.58. The topological polar surface area (TPSA) is 12.5 Å². The smallest absolute Gasteiger partial charge is 0.135 e. The highest BCUT2D eigenvalue weighted by Crippen LogP contribution is 2.50. The largest absolute Gasteiger partial charge is 0.445 e. The number of nitrogens with zero attached hydrogens (tertiary/aromatic N) is 1. The summed E-state index contributed by atoms with van der Waals surface area (Å²) in [4.78, 5) is 3.72. The molecule has 2 aromatic rings. The van der Waals surface area contributed by atoms with E-state index in [0.29, 0.717) is 0 Å². The van der Waals surface area contributed by atoms with Gasteiger partial charge in [0.1, 0.15) is 5.75 Å². The third-order valence-electron chi connectivity index (χ3n) is 4.60. The fraction of sp³-hybridized carbons (Fsp3) is 0.448. The van der Waals surface area contributed by atoms with Crippen molar-refractivity contribution in [2.24, 2.45) is 5.41 Å². The molecule has 0 aliphatic carbocycles. The molecule has 180 valence electrons. The Kier molecular flexibility index (Phi) is 14.1. The standard InChI is InChI=1S/C25H37NOS.C2H6.C2H4/c1-8-26(17-11-16-25(3,4)5)20-22-13-10-14-23(19-22)27-28(6,7)24-15-9-12-21(2)18-24;2*1-2/h9-16,18-19H,8,17,20H2,1-7H3;1-2H3;1-2H2/b16-11+;;. The zero-order valence-electron chi connectivity index (χ0n) is 22.1. The predicted octanol–water partition coefficient (Wildman–Crippen LogP) is 8.66. The van der Waals surface area contributed by atoms with E-state index in [1.54, 1.807) is 0 Å². The molecule has 0 aromatic heterocycles. The summed E-state index contributed by atoms with van der Waals surface area (Å²) in [7, 11) is -1.34. The van der Waals surface area contributed by atoms with Gasteiger partial charge in [-0.25, -0.2) is 0 Å². The molecule has 0 unspecified atom stereocenters. The van der Waals surface area contributed by atoms with Crippen molar-refractivity contribution < 1.29 is 4.18 Å². The number of benzene rings is 2. The lowest BCUT2D eigenvalue weighted by Gasteiger charge is -2.32. The van der Waals surface area contributed by atoms with Crippen LogP contribution in [0, 0.1) is 12.3 Å². The van der Waals surface area contributed by atoms with Crippen molar-refractivity contribution in [1.29, 1.82) is 0 Å². The minimum absolute atomic E-state index is 0.233. The van der Waals surface area contributed by atoms with Gasteiger partial charge in [-0.05, 0) is 54.3 Å². The third-order valence-corrected chi connectivity index (χ3v) is 6.59. The van der Waals surface area contributed by atoms with Gasteiger partial charge in [-0.2, -0.15) is 0 Å². The van der Waals surface area contributed by atoms with Gasteiger partial charge in [0, 0.05) is 30.5 Å². The molecule has 0 fully saturated rings. The molecular weight excluding hydrogens is 410 g/mol. The molecule has 0 heterocycles. The molecule has 3 heteroatoms. The normalized spacial score (nSPS) is 11.9. The number of likely N-dealkylation sites (N-methyl/N-ethyl adjacent to an activating group) is 1. The van der Waals surface area contributed by atoms with Gasteiger partial charge in [-0.15, -0.1) is 13.2 Å². The monoisotopic (exact) mass is 457 g/mol. The summed E-state index contributed by atoms with van der Waals surface area (Å²) in [5, 5.41) is 0. The quantitative estimate of drug-likeness (QED) is 0.368. The number of aryl methyl sites for hydroxylation is 1. The van der Waals surface area contributed by atoms with Crippen LogP contribution < -0.4 is 4.18 Å². The third kappa shape index (κ3) is 11.6. The average Bonchev–Trinajstić information content (AvgIpc) is 2.75.